The van der Waals surface area contributed by atoms with Gasteiger partial charge in [-0.25, -0.2) is 0 Å². The summed E-state index contributed by atoms with van der Waals surface area (Å²) in [6, 6.07) is 0.508. The van der Waals surface area contributed by atoms with Crippen molar-refractivity contribution in [2.75, 3.05) is 13.1 Å². The van der Waals surface area contributed by atoms with Gasteiger partial charge in [0.15, 0.2) is 0 Å². The molecule has 0 aromatic rings. The van der Waals surface area contributed by atoms with Crippen molar-refractivity contribution < 1.29 is 4.79 Å². The standard InChI is InChI=1S/C11H23N3O/c1-8(2)13-11(15)9(3)14-6-4-10(12)5-7-14/h8-10H,4-7,12H2,1-3H3,(H,13,15). The van der Waals surface area contributed by atoms with Gasteiger partial charge in [0.05, 0.1) is 6.04 Å². The van der Waals surface area contributed by atoms with E-state index in [4.69, 9.17) is 5.73 Å². The van der Waals surface area contributed by atoms with Crippen molar-refractivity contribution in [3.05, 3.63) is 0 Å². The first-order chi connectivity index (χ1) is 7.00. The monoisotopic (exact) mass is 213 g/mol. The zero-order valence-electron chi connectivity index (χ0n) is 9.99. The Morgan fingerprint density at radius 3 is 2.33 bits per heavy atom. The van der Waals surface area contributed by atoms with Crippen molar-refractivity contribution in [1.82, 2.24) is 10.2 Å². The highest BCUT2D eigenvalue weighted by Crippen LogP contribution is 2.11. The van der Waals surface area contributed by atoms with Gasteiger partial charge >= 0.3 is 0 Å². The Bertz CT molecular complexity index is 210. The maximum atomic E-state index is 11.8. The molecule has 4 heteroatoms. The zero-order valence-corrected chi connectivity index (χ0v) is 9.99. The highest BCUT2D eigenvalue weighted by molar-refractivity contribution is 5.81. The van der Waals surface area contributed by atoms with Crippen LogP contribution in [0.4, 0.5) is 0 Å². The Balaban J connectivity index is 2.39. The van der Waals surface area contributed by atoms with Crippen LogP contribution in [0.2, 0.25) is 0 Å². The SMILES string of the molecule is CC(C)NC(=O)C(C)N1CCC(N)CC1. The summed E-state index contributed by atoms with van der Waals surface area (Å²) in [5.74, 6) is 0.125. The Morgan fingerprint density at radius 1 is 1.33 bits per heavy atom. The summed E-state index contributed by atoms with van der Waals surface area (Å²) < 4.78 is 0. The maximum Gasteiger partial charge on any atom is 0.237 e. The van der Waals surface area contributed by atoms with Crippen LogP contribution < -0.4 is 11.1 Å². The molecule has 1 atom stereocenters. The molecule has 88 valence electrons. The van der Waals surface area contributed by atoms with E-state index >= 15 is 0 Å². The molecule has 0 saturated carbocycles. The van der Waals surface area contributed by atoms with Gasteiger partial charge in [-0.05, 0) is 33.6 Å². The normalized spacial score (nSPS) is 21.7. The van der Waals surface area contributed by atoms with Crippen molar-refractivity contribution in [3.8, 4) is 0 Å². The second-order valence-electron chi connectivity index (χ2n) is 4.71. The summed E-state index contributed by atoms with van der Waals surface area (Å²) in [6.07, 6.45) is 2.00. The minimum atomic E-state index is -0.0279. The van der Waals surface area contributed by atoms with Crippen LogP contribution >= 0.6 is 0 Å². The van der Waals surface area contributed by atoms with Crippen LogP contribution in [-0.2, 0) is 4.79 Å². The van der Waals surface area contributed by atoms with Crippen LogP contribution in [0.3, 0.4) is 0 Å². The van der Waals surface area contributed by atoms with E-state index < -0.39 is 0 Å². The van der Waals surface area contributed by atoms with Crippen molar-refractivity contribution in [2.45, 2.75) is 51.7 Å². The van der Waals surface area contributed by atoms with Gasteiger partial charge in [0, 0.05) is 25.2 Å². The minimum absolute atomic E-state index is 0.0279. The van der Waals surface area contributed by atoms with Crippen LogP contribution in [0.15, 0.2) is 0 Å². The lowest BCUT2D eigenvalue weighted by atomic mass is 10.0. The summed E-state index contributed by atoms with van der Waals surface area (Å²) in [5, 5.41) is 2.94. The molecule has 3 N–H and O–H groups in total. The average molecular weight is 213 g/mol. The number of piperidine rings is 1. The van der Waals surface area contributed by atoms with Gasteiger partial charge in [0.1, 0.15) is 0 Å². The van der Waals surface area contributed by atoms with Crippen LogP contribution in [0, 0.1) is 0 Å². The van der Waals surface area contributed by atoms with E-state index in [0.29, 0.717) is 6.04 Å². The van der Waals surface area contributed by atoms with Gasteiger partial charge < -0.3 is 11.1 Å². The number of amides is 1. The molecular weight excluding hydrogens is 190 g/mol. The number of likely N-dealkylation sites (tertiary alicyclic amines) is 1. The third kappa shape index (κ3) is 3.80. The number of nitrogens with zero attached hydrogens (tertiary/aromatic N) is 1. The van der Waals surface area contributed by atoms with Crippen molar-refractivity contribution in [1.29, 1.82) is 0 Å². The molecule has 1 fully saturated rings. The van der Waals surface area contributed by atoms with Gasteiger partial charge in [-0.2, -0.15) is 0 Å². The van der Waals surface area contributed by atoms with Crippen molar-refractivity contribution in [2.24, 2.45) is 5.73 Å². The number of nitrogens with one attached hydrogen (secondary N) is 1. The summed E-state index contributed by atoms with van der Waals surface area (Å²) in [4.78, 5) is 14.0. The predicted octanol–water partition coefficient (Wildman–Crippen LogP) is 0.323. The second kappa shape index (κ2) is 5.47. The Labute approximate surface area is 92.2 Å². The third-order valence-corrected chi connectivity index (χ3v) is 2.93. The van der Waals surface area contributed by atoms with E-state index in [9.17, 15) is 4.79 Å². The Hall–Kier alpha value is -0.610. The number of carbonyl (C=O) groups excluding carboxylic acids is 1. The van der Waals surface area contributed by atoms with E-state index in [1.807, 2.05) is 20.8 Å². The molecule has 1 amide bonds. The van der Waals surface area contributed by atoms with Crippen LogP contribution in [-0.4, -0.2) is 42.0 Å². The fourth-order valence-corrected chi connectivity index (χ4v) is 1.88. The number of nitrogens with two attached hydrogens (primary N) is 1. The molecule has 1 aliphatic heterocycles. The maximum absolute atomic E-state index is 11.8. The lowest BCUT2D eigenvalue weighted by Gasteiger charge is -2.34. The minimum Gasteiger partial charge on any atom is -0.353 e. The molecule has 0 spiro atoms. The lowest BCUT2D eigenvalue weighted by molar-refractivity contribution is -0.126. The van der Waals surface area contributed by atoms with E-state index in [1.165, 1.54) is 0 Å². The number of rotatable bonds is 3. The molecular formula is C11H23N3O. The summed E-state index contributed by atoms with van der Waals surface area (Å²) in [6.45, 7) is 7.81. The highest BCUT2D eigenvalue weighted by Gasteiger charge is 2.25. The van der Waals surface area contributed by atoms with E-state index in [-0.39, 0.29) is 18.0 Å². The van der Waals surface area contributed by atoms with E-state index in [0.717, 1.165) is 25.9 Å². The first kappa shape index (κ1) is 12.5. The largest absolute Gasteiger partial charge is 0.353 e. The molecule has 15 heavy (non-hydrogen) atoms. The van der Waals surface area contributed by atoms with Gasteiger partial charge in [0.25, 0.3) is 0 Å². The molecule has 0 aromatic heterocycles. The molecule has 1 saturated heterocycles. The van der Waals surface area contributed by atoms with Gasteiger partial charge in [-0.1, -0.05) is 0 Å². The Kier molecular flexibility index (Phi) is 4.54. The van der Waals surface area contributed by atoms with Crippen molar-refractivity contribution in [3.63, 3.8) is 0 Å². The van der Waals surface area contributed by atoms with Crippen LogP contribution in [0.1, 0.15) is 33.6 Å². The van der Waals surface area contributed by atoms with Gasteiger partial charge in [0.2, 0.25) is 5.91 Å². The topological polar surface area (TPSA) is 58.4 Å². The van der Waals surface area contributed by atoms with Crippen LogP contribution in [0.5, 0.6) is 0 Å². The van der Waals surface area contributed by atoms with Gasteiger partial charge in [-0.15, -0.1) is 0 Å². The molecule has 1 aliphatic rings. The van der Waals surface area contributed by atoms with Crippen molar-refractivity contribution >= 4 is 5.91 Å². The van der Waals surface area contributed by atoms with E-state index in [2.05, 4.69) is 10.2 Å². The molecule has 0 radical (unpaired) electrons. The molecule has 1 unspecified atom stereocenters. The average Bonchev–Trinajstić information content (AvgIpc) is 2.17. The summed E-state index contributed by atoms with van der Waals surface area (Å²) in [5.41, 5.74) is 5.83. The van der Waals surface area contributed by atoms with E-state index in [1.54, 1.807) is 0 Å². The molecule has 1 heterocycles. The highest BCUT2D eigenvalue weighted by atomic mass is 16.2. The zero-order chi connectivity index (χ0) is 11.4. The molecule has 0 aliphatic carbocycles. The van der Waals surface area contributed by atoms with Gasteiger partial charge in [-0.3, -0.25) is 9.69 Å². The second-order valence-corrected chi connectivity index (χ2v) is 4.71. The molecule has 1 rings (SSSR count). The summed E-state index contributed by atoms with van der Waals surface area (Å²) >= 11 is 0. The summed E-state index contributed by atoms with van der Waals surface area (Å²) in [7, 11) is 0. The van der Waals surface area contributed by atoms with Crippen LogP contribution in [0.25, 0.3) is 0 Å². The third-order valence-electron chi connectivity index (χ3n) is 2.93. The fraction of sp³-hybridized carbons (Fsp3) is 0.909. The smallest absolute Gasteiger partial charge is 0.237 e. The first-order valence-corrected chi connectivity index (χ1v) is 5.80. The fourth-order valence-electron chi connectivity index (χ4n) is 1.88. The predicted molar refractivity (Wildman–Crippen MR) is 61.5 cm³/mol. The molecule has 0 aromatic carbocycles. The molecule has 4 nitrogen and oxygen atoms in total. The number of carbonyl (C=O) groups is 1. The molecule has 0 bridgehead atoms. The number of hydrogen-bond acceptors (Lipinski definition) is 3. The first-order valence-electron chi connectivity index (χ1n) is 5.80. The quantitative estimate of drug-likeness (QED) is 0.710. The lowest BCUT2D eigenvalue weighted by Crippen LogP contribution is -2.51. The number of hydrogen-bond donors (Lipinski definition) is 2. The Morgan fingerprint density at radius 2 is 1.87 bits per heavy atom.